The highest BCUT2D eigenvalue weighted by molar-refractivity contribution is 7.10. The average Bonchev–Trinajstić information content (AvgIpc) is 3.03. The molecule has 2 amide bonds. The Morgan fingerprint density at radius 3 is 2.88 bits per heavy atom. The topological polar surface area (TPSA) is 57.3 Å². The summed E-state index contributed by atoms with van der Waals surface area (Å²) in [5.74, 6) is 0.570. The van der Waals surface area contributed by atoms with Gasteiger partial charge in [0.2, 0.25) is 0 Å². The normalized spacial score (nSPS) is 27.9. The first-order chi connectivity index (χ1) is 12.2. The number of thiophene rings is 1. The number of hydrogen-bond donors (Lipinski definition) is 2. The largest absolute Gasteiger partial charge is 0.333 e. The van der Waals surface area contributed by atoms with Crippen LogP contribution in [-0.2, 0) is 6.42 Å². The molecule has 0 saturated carbocycles. The molecule has 0 radical (unpaired) electrons. The van der Waals surface area contributed by atoms with Crippen molar-refractivity contribution in [1.29, 1.82) is 0 Å². The molecular formula is C19H24N4OS. The standard InChI is InChI=1S/C19H24N4OS/c1-13-16(6-10-25-13)21-19(24)22-18-15-4-8-23(9-5-15)17(18)11-14-3-2-7-20-12-14/h2-3,6-7,10,12,15,17-18H,4-5,8-9,11H2,1H3,(H2,21,22,24). The van der Waals surface area contributed by atoms with Crippen molar-refractivity contribution in [2.75, 3.05) is 18.4 Å². The number of nitrogens with one attached hydrogen (secondary N) is 2. The zero-order chi connectivity index (χ0) is 17.2. The fourth-order valence-corrected chi connectivity index (χ4v) is 4.86. The number of piperidine rings is 3. The Bertz CT molecular complexity index is 724. The van der Waals surface area contributed by atoms with Gasteiger partial charge in [-0.05, 0) is 68.3 Å². The van der Waals surface area contributed by atoms with Crippen molar-refractivity contribution in [3.63, 3.8) is 0 Å². The van der Waals surface area contributed by atoms with Gasteiger partial charge in [-0.2, -0.15) is 0 Å². The van der Waals surface area contributed by atoms with Gasteiger partial charge in [-0.1, -0.05) is 6.07 Å². The minimum Gasteiger partial charge on any atom is -0.333 e. The van der Waals surface area contributed by atoms with Gasteiger partial charge >= 0.3 is 6.03 Å². The average molecular weight is 356 g/mol. The zero-order valence-corrected chi connectivity index (χ0v) is 15.3. The Kier molecular flexibility index (Phi) is 4.72. The van der Waals surface area contributed by atoms with Gasteiger partial charge in [0.15, 0.2) is 0 Å². The highest BCUT2D eigenvalue weighted by atomic mass is 32.1. The maximum absolute atomic E-state index is 12.6. The van der Waals surface area contributed by atoms with E-state index in [-0.39, 0.29) is 12.1 Å². The summed E-state index contributed by atoms with van der Waals surface area (Å²) in [6.07, 6.45) is 7.03. The quantitative estimate of drug-likeness (QED) is 0.884. The molecule has 5 heterocycles. The fraction of sp³-hybridized carbons (Fsp3) is 0.474. The Hall–Kier alpha value is -1.92. The Morgan fingerprint density at radius 2 is 2.20 bits per heavy atom. The summed E-state index contributed by atoms with van der Waals surface area (Å²) in [6, 6.07) is 6.54. The summed E-state index contributed by atoms with van der Waals surface area (Å²) in [6.45, 7) is 4.30. The van der Waals surface area contributed by atoms with Crippen molar-refractivity contribution in [3.8, 4) is 0 Å². The summed E-state index contributed by atoms with van der Waals surface area (Å²) in [4.78, 5) is 20.5. The first kappa shape index (κ1) is 16.5. The molecule has 3 saturated heterocycles. The molecule has 2 bridgehead atoms. The number of anilines is 1. The minimum atomic E-state index is -0.0866. The summed E-state index contributed by atoms with van der Waals surface area (Å²) in [7, 11) is 0. The molecule has 0 aromatic carbocycles. The van der Waals surface area contributed by atoms with Crippen LogP contribution in [0.4, 0.5) is 10.5 Å². The predicted molar refractivity (Wildman–Crippen MR) is 101 cm³/mol. The van der Waals surface area contributed by atoms with Crippen molar-refractivity contribution >= 4 is 23.1 Å². The minimum absolute atomic E-state index is 0.0866. The first-order valence-electron chi connectivity index (χ1n) is 8.95. The van der Waals surface area contributed by atoms with E-state index >= 15 is 0 Å². The Labute approximate surface area is 152 Å². The van der Waals surface area contributed by atoms with E-state index in [0.29, 0.717) is 12.0 Å². The molecule has 5 nitrogen and oxygen atoms in total. The van der Waals surface area contributed by atoms with Crippen molar-refractivity contribution in [2.24, 2.45) is 5.92 Å². The molecule has 2 unspecified atom stereocenters. The van der Waals surface area contributed by atoms with Crippen LogP contribution in [-0.4, -0.2) is 41.1 Å². The van der Waals surface area contributed by atoms with Gasteiger partial charge in [-0.3, -0.25) is 9.88 Å². The number of carbonyl (C=O) groups is 1. The van der Waals surface area contributed by atoms with Crippen molar-refractivity contribution in [3.05, 3.63) is 46.4 Å². The summed E-state index contributed by atoms with van der Waals surface area (Å²) in [5.41, 5.74) is 2.15. The lowest BCUT2D eigenvalue weighted by Crippen LogP contribution is -2.64. The van der Waals surface area contributed by atoms with E-state index in [1.54, 1.807) is 11.3 Å². The number of hydrogen-bond acceptors (Lipinski definition) is 4. The first-order valence-corrected chi connectivity index (χ1v) is 9.83. The second-order valence-corrected chi connectivity index (χ2v) is 8.14. The van der Waals surface area contributed by atoms with Gasteiger partial charge < -0.3 is 10.6 Å². The third-order valence-corrected chi connectivity index (χ3v) is 6.38. The molecule has 3 aliphatic heterocycles. The van der Waals surface area contributed by atoms with E-state index < -0.39 is 0 Å². The Morgan fingerprint density at radius 1 is 1.36 bits per heavy atom. The van der Waals surface area contributed by atoms with Crippen LogP contribution in [0.5, 0.6) is 0 Å². The van der Waals surface area contributed by atoms with Crippen LogP contribution in [0.1, 0.15) is 23.3 Å². The number of amides is 2. The van der Waals surface area contributed by atoms with Gasteiger partial charge in [0.1, 0.15) is 0 Å². The lowest BCUT2D eigenvalue weighted by atomic mass is 9.77. The molecule has 3 aliphatic rings. The van der Waals surface area contributed by atoms with E-state index in [4.69, 9.17) is 0 Å². The lowest BCUT2D eigenvalue weighted by Gasteiger charge is -2.51. The van der Waals surface area contributed by atoms with Gasteiger partial charge in [0, 0.05) is 29.4 Å². The van der Waals surface area contributed by atoms with Crippen molar-refractivity contribution in [2.45, 2.75) is 38.3 Å². The SMILES string of the molecule is Cc1sccc1NC(=O)NC1C2CCN(CC2)C1Cc1cccnc1. The molecule has 3 fully saturated rings. The van der Waals surface area contributed by atoms with E-state index in [2.05, 4.69) is 26.6 Å². The second kappa shape index (κ2) is 7.14. The molecular weight excluding hydrogens is 332 g/mol. The van der Waals surface area contributed by atoms with Crippen molar-refractivity contribution in [1.82, 2.24) is 15.2 Å². The lowest BCUT2D eigenvalue weighted by molar-refractivity contribution is 0.0184. The molecule has 2 N–H and O–H groups in total. The molecule has 2 atom stereocenters. The fourth-order valence-electron chi connectivity index (χ4n) is 4.21. The van der Waals surface area contributed by atoms with E-state index in [0.717, 1.165) is 30.1 Å². The summed E-state index contributed by atoms with van der Waals surface area (Å²) >= 11 is 1.65. The third kappa shape index (κ3) is 3.55. The molecule has 2 aromatic heterocycles. The number of urea groups is 1. The van der Waals surface area contributed by atoms with Crippen LogP contribution >= 0.6 is 11.3 Å². The van der Waals surface area contributed by atoms with Crippen LogP contribution in [0.15, 0.2) is 36.0 Å². The summed E-state index contributed by atoms with van der Waals surface area (Å²) < 4.78 is 0. The Balaban J connectivity index is 1.47. The van der Waals surface area contributed by atoms with Gasteiger partial charge in [-0.15, -0.1) is 11.3 Å². The smallest absolute Gasteiger partial charge is 0.319 e. The number of pyridine rings is 1. The maximum Gasteiger partial charge on any atom is 0.319 e. The molecule has 5 rings (SSSR count). The van der Waals surface area contributed by atoms with Gasteiger partial charge in [0.05, 0.1) is 5.69 Å². The van der Waals surface area contributed by atoms with Crippen LogP contribution in [0, 0.1) is 12.8 Å². The van der Waals surface area contributed by atoms with Crippen LogP contribution < -0.4 is 10.6 Å². The molecule has 25 heavy (non-hydrogen) atoms. The predicted octanol–water partition coefficient (Wildman–Crippen LogP) is 3.28. The van der Waals surface area contributed by atoms with Gasteiger partial charge in [0.25, 0.3) is 0 Å². The van der Waals surface area contributed by atoms with E-state index in [9.17, 15) is 4.79 Å². The maximum atomic E-state index is 12.6. The van der Waals surface area contributed by atoms with Crippen LogP contribution in [0.3, 0.4) is 0 Å². The molecule has 0 spiro atoms. The number of aryl methyl sites for hydroxylation is 1. The second-order valence-electron chi connectivity index (χ2n) is 7.02. The van der Waals surface area contributed by atoms with E-state index in [1.807, 2.05) is 36.8 Å². The third-order valence-electron chi connectivity index (χ3n) is 5.54. The van der Waals surface area contributed by atoms with Crippen LogP contribution in [0.25, 0.3) is 0 Å². The highest BCUT2D eigenvalue weighted by Crippen LogP contribution is 2.34. The zero-order valence-electron chi connectivity index (χ0n) is 14.4. The number of fused-ring (bicyclic) bond motifs is 3. The van der Waals surface area contributed by atoms with E-state index in [1.165, 1.54) is 18.4 Å². The monoisotopic (exact) mass is 356 g/mol. The number of aromatic nitrogens is 1. The van der Waals surface area contributed by atoms with Crippen LogP contribution in [0.2, 0.25) is 0 Å². The molecule has 2 aromatic rings. The molecule has 6 heteroatoms. The number of rotatable bonds is 4. The number of carbonyl (C=O) groups excluding carboxylic acids is 1. The molecule has 132 valence electrons. The van der Waals surface area contributed by atoms with Gasteiger partial charge in [-0.25, -0.2) is 4.79 Å². The molecule has 0 aliphatic carbocycles. The summed E-state index contributed by atoms with van der Waals surface area (Å²) in [5, 5.41) is 8.29. The van der Waals surface area contributed by atoms with Crippen molar-refractivity contribution < 1.29 is 4.79 Å². The highest BCUT2D eigenvalue weighted by Gasteiger charge is 2.42. The number of nitrogens with zero attached hydrogens (tertiary/aromatic N) is 2.